The van der Waals surface area contributed by atoms with Crippen LogP contribution in [0.2, 0.25) is 5.02 Å². The Morgan fingerprint density at radius 2 is 1.81 bits per heavy atom. The number of nitrogens with one attached hydrogen (secondary N) is 1. The zero-order valence-corrected chi connectivity index (χ0v) is 15.4. The van der Waals surface area contributed by atoms with Gasteiger partial charge < -0.3 is 14.6 Å². The van der Waals surface area contributed by atoms with E-state index in [0.717, 1.165) is 16.9 Å². The van der Waals surface area contributed by atoms with E-state index in [0.29, 0.717) is 40.8 Å². The van der Waals surface area contributed by atoms with Crippen molar-refractivity contribution in [2.24, 2.45) is 0 Å². The Kier molecular flexibility index (Phi) is 4.89. The summed E-state index contributed by atoms with van der Waals surface area (Å²) in [7, 11) is 0. The average molecular weight is 381 g/mol. The molecule has 0 radical (unpaired) electrons. The van der Waals surface area contributed by atoms with E-state index in [-0.39, 0.29) is 0 Å². The van der Waals surface area contributed by atoms with E-state index < -0.39 is 0 Å². The molecular formula is C20H17ClN4O2. The Morgan fingerprint density at radius 1 is 1.04 bits per heavy atom. The van der Waals surface area contributed by atoms with Gasteiger partial charge in [-0.2, -0.15) is 0 Å². The highest BCUT2D eigenvalue weighted by Crippen LogP contribution is 2.30. The van der Waals surface area contributed by atoms with Gasteiger partial charge in [-0.05, 0) is 36.8 Å². The van der Waals surface area contributed by atoms with Gasteiger partial charge >= 0.3 is 0 Å². The molecule has 2 aromatic heterocycles. The molecule has 0 amide bonds. The Morgan fingerprint density at radius 3 is 2.56 bits per heavy atom. The number of nitrogens with zero attached hydrogens (tertiary/aromatic N) is 3. The number of halogens is 1. The maximum absolute atomic E-state index is 5.96. The van der Waals surface area contributed by atoms with E-state index in [1.165, 1.54) is 6.33 Å². The lowest BCUT2D eigenvalue weighted by Gasteiger charge is -2.07. The highest BCUT2D eigenvalue weighted by molar-refractivity contribution is 6.30. The lowest BCUT2D eigenvalue weighted by atomic mass is 10.1. The van der Waals surface area contributed by atoms with E-state index in [1.54, 1.807) is 0 Å². The van der Waals surface area contributed by atoms with Crippen LogP contribution in [0.1, 0.15) is 12.5 Å². The summed E-state index contributed by atoms with van der Waals surface area (Å²) in [5, 5.41) is 8.11. The molecule has 0 saturated carbocycles. The van der Waals surface area contributed by atoms with Crippen LogP contribution in [-0.2, 0) is 6.54 Å². The lowest BCUT2D eigenvalue weighted by molar-refractivity contribution is 0.340. The van der Waals surface area contributed by atoms with Crippen molar-refractivity contribution >= 4 is 28.5 Å². The second kappa shape index (κ2) is 7.63. The number of hydrogen-bond donors (Lipinski definition) is 1. The predicted molar refractivity (Wildman–Crippen MR) is 105 cm³/mol. The Hall–Kier alpha value is -3.12. The van der Waals surface area contributed by atoms with Gasteiger partial charge in [-0.25, -0.2) is 9.97 Å². The second-order valence-corrected chi connectivity index (χ2v) is 6.31. The van der Waals surface area contributed by atoms with Crippen molar-refractivity contribution in [2.45, 2.75) is 13.5 Å². The van der Waals surface area contributed by atoms with Crippen molar-refractivity contribution in [2.75, 3.05) is 11.9 Å². The van der Waals surface area contributed by atoms with Crippen LogP contribution in [0.25, 0.3) is 22.4 Å². The number of fused-ring (bicyclic) bond motifs is 1. The summed E-state index contributed by atoms with van der Waals surface area (Å²) in [6, 6.07) is 15.3. The van der Waals surface area contributed by atoms with Gasteiger partial charge in [0.25, 0.3) is 0 Å². The fourth-order valence-corrected chi connectivity index (χ4v) is 2.87. The summed E-state index contributed by atoms with van der Waals surface area (Å²) in [6.07, 6.45) is 1.50. The standard InChI is InChI=1S/C20H17ClN4O2/c1-2-26-16-9-3-13(4-10-16)11-22-20-19-18(23-12-24-20)17(25-27-19)14-5-7-15(21)8-6-14/h3-10,12H,2,11H2,1H3,(H,22,23,24). The first-order chi connectivity index (χ1) is 13.2. The maximum atomic E-state index is 5.96. The van der Waals surface area contributed by atoms with Crippen molar-refractivity contribution in [1.29, 1.82) is 0 Å². The largest absolute Gasteiger partial charge is 0.494 e. The maximum Gasteiger partial charge on any atom is 0.228 e. The van der Waals surface area contributed by atoms with Crippen molar-refractivity contribution in [3.8, 4) is 17.0 Å². The molecule has 0 unspecified atom stereocenters. The third-order valence-electron chi connectivity index (χ3n) is 4.07. The molecule has 4 rings (SSSR count). The third-order valence-corrected chi connectivity index (χ3v) is 4.32. The first-order valence-electron chi connectivity index (χ1n) is 8.56. The molecule has 0 atom stereocenters. The molecule has 27 heavy (non-hydrogen) atoms. The number of rotatable bonds is 6. The fraction of sp³-hybridized carbons (Fsp3) is 0.150. The van der Waals surface area contributed by atoms with Crippen LogP contribution in [0.15, 0.2) is 59.4 Å². The van der Waals surface area contributed by atoms with E-state index >= 15 is 0 Å². The molecule has 2 heterocycles. The minimum Gasteiger partial charge on any atom is -0.494 e. The predicted octanol–water partition coefficient (Wildman–Crippen LogP) is 4.95. The molecule has 6 nitrogen and oxygen atoms in total. The number of aromatic nitrogens is 3. The smallest absolute Gasteiger partial charge is 0.228 e. The Balaban J connectivity index is 1.56. The summed E-state index contributed by atoms with van der Waals surface area (Å²) >= 11 is 5.96. The molecule has 0 fully saturated rings. The van der Waals surface area contributed by atoms with Gasteiger partial charge in [-0.1, -0.05) is 41.0 Å². The SMILES string of the molecule is CCOc1ccc(CNc2ncnc3c(-c4ccc(Cl)cc4)noc23)cc1. The number of ether oxygens (including phenoxy) is 1. The van der Waals surface area contributed by atoms with Crippen LogP contribution < -0.4 is 10.1 Å². The van der Waals surface area contributed by atoms with Crippen LogP contribution >= 0.6 is 11.6 Å². The van der Waals surface area contributed by atoms with Crippen LogP contribution in [0.4, 0.5) is 5.82 Å². The summed E-state index contributed by atoms with van der Waals surface area (Å²) in [5.41, 5.74) is 3.82. The van der Waals surface area contributed by atoms with Gasteiger partial charge in [0.05, 0.1) is 6.61 Å². The summed E-state index contributed by atoms with van der Waals surface area (Å²) in [5.74, 6) is 1.45. The van der Waals surface area contributed by atoms with Crippen LogP contribution in [-0.4, -0.2) is 21.7 Å². The van der Waals surface area contributed by atoms with Gasteiger partial charge in [0.2, 0.25) is 5.58 Å². The molecule has 1 N–H and O–H groups in total. The third kappa shape index (κ3) is 3.71. The molecule has 0 bridgehead atoms. The Labute approximate surface area is 161 Å². The average Bonchev–Trinajstić information content (AvgIpc) is 3.13. The minimum atomic E-state index is 0.522. The quantitative estimate of drug-likeness (QED) is 0.510. The molecule has 0 spiro atoms. The Bertz CT molecular complexity index is 1050. The fourth-order valence-electron chi connectivity index (χ4n) is 2.74. The van der Waals surface area contributed by atoms with Crippen molar-refractivity contribution < 1.29 is 9.26 Å². The van der Waals surface area contributed by atoms with Crippen LogP contribution in [0, 0.1) is 0 Å². The molecule has 0 aliphatic carbocycles. The molecule has 0 aliphatic rings. The van der Waals surface area contributed by atoms with Gasteiger partial charge in [0.1, 0.15) is 23.3 Å². The molecule has 0 aliphatic heterocycles. The van der Waals surface area contributed by atoms with E-state index in [1.807, 2.05) is 55.5 Å². The van der Waals surface area contributed by atoms with Crippen molar-refractivity contribution in [1.82, 2.24) is 15.1 Å². The molecular weight excluding hydrogens is 364 g/mol. The second-order valence-electron chi connectivity index (χ2n) is 5.87. The molecule has 0 saturated heterocycles. The zero-order chi connectivity index (χ0) is 18.6. The van der Waals surface area contributed by atoms with Crippen LogP contribution in [0.5, 0.6) is 5.75 Å². The molecule has 136 valence electrons. The van der Waals surface area contributed by atoms with Crippen molar-refractivity contribution in [3.63, 3.8) is 0 Å². The first-order valence-corrected chi connectivity index (χ1v) is 8.94. The van der Waals surface area contributed by atoms with Gasteiger partial charge in [-0.3, -0.25) is 0 Å². The van der Waals surface area contributed by atoms with E-state index in [2.05, 4.69) is 20.4 Å². The van der Waals surface area contributed by atoms with Gasteiger partial charge in [0.15, 0.2) is 5.82 Å². The summed E-state index contributed by atoms with van der Waals surface area (Å²) in [6.45, 7) is 3.21. The highest BCUT2D eigenvalue weighted by atomic mass is 35.5. The highest BCUT2D eigenvalue weighted by Gasteiger charge is 2.16. The van der Waals surface area contributed by atoms with Crippen molar-refractivity contribution in [3.05, 3.63) is 65.4 Å². The summed E-state index contributed by atoms with van der Waals surface area (Å²) in [4.78, 5) is 8.62. The topological polar surface area (TPSA) is 73.1 Å². The lowest BCUT2D eigenvalue weighted by Crippen LogP contribution is -2.02. The molecule has 2 aromatic carbocycles. The van der Waals surface area contributed by atoms with Crippen LogP contribution in [0.3, 0.4) is 0 Å². The number of benzene rings is 2. The normalized spacial score (nSPS) is 10.9. The number of anilines is 1. The number of hydrogen-bond acceptors (Lipinski definition) is 6. The minimum absolute atomic E-state index is 0.522. The van der Waals surface area contributed by atoms with Gasteiger partial charge in [-0.15, -0.1) is 0 Å². The zero-order valence-electron chi connectivity index (χ0n) is 14.6. The monoisotopic (exact) mass is 380 g/mol. The summed E-state index contributed by atoms with van der Waals surface area (Å²) < 4.78 is 11.0. The van der Waals surface area contributed by atoms with E-state index in [9.17, 15) is 0 Å². The van der Waals surface area contributed by atoms with E-state index in [4.69, 9.17) is 20.9 Å². The molecule has 4 aromatic rings. The van der Waals surface area contributed by atoms with Gasteiger partial charge in [0, 0.05) is 17.1 Å². The first kappa shape index (κ1) is 17.3. The molecule has 7 heteroatoms.